The van der Waals surface area contributed by atoms with Crippen LogP contribution in [-0.2, 0) is 11.3 Å². The summed E-state index contributed by atoms with van der Waals surface area (Å²) in [5.74, 6) is -1.04. The second-order valence-electron chi connectivity index (χ2n) is 5.80. The SMILES string of the molecule is C[C@H](NC(=O)CN1Cc2ccc(F)cc2C1=O)c1ccc(Cl)cc1. The van der Waals surface area contributed by atoms with Gasteiger partial charge in [0.2, 0.25) is 5.91 Å². The molecular formula is C18H16ClFN2O2. The standard InChI is InChI=1S/C18H16ClFN2O2/c1-11(12-2-5-14(19)6-3-12)21-17(23)10-22-9-13-4-7-15(20)8-16(13)18(22)24/h2-8,11H,9-10H2,1H3,(H,21,23)/t11-/m0/s1. The van der Waals surface area contributed by atoms with E-state index in [0.717, 1.165) is 11.1 Å². The van der Waals surface area contributed by atoms with Crippen LogP contribution in [0.5, 0.6) is 0 Å². The Kier molecular flexibility index (Phi) is 4.53. The molecule has 6 heteroatoms. The third-order valence-corrected chi connectivity index (χ3v) is 4.28. The molecule has 0 bridgehead atoms. The predicted molar refractivity (Wildman–Crippen MR) is 89.2 cm³/mol. The van der Waals surface area contributed by atoms with Crippen molar-refractivity contribution in [3.63, 3.8) is 0 Å². The highest BCUT2D eigenvalue weighted by molar-refractivity contribution is 6.30. The van der Waals surface area contributed by atoms with Crippen molar-refractivity contribution < 1.29 is 14.0 Å². The maximum Gasteiger partial charge on any atom is 0.255 e. The maximum absolute atomic E-state index is 13.3. The first-order valence-corrected chi connectivity index (χ1v) is 7.94. The highest BCUT2D eigenvalue weighted by Gasteiger charge is 2.29. The Balaban J connectivity index is 1.62. The second-order valence-corrected chi connectivity index (χ2v) is 6.24. The zero-order chi connectivity index (χ0) is 17.3. The largest absolute Gasteiger partial charge is 0.348 e. The molecule has 1 aliphatic rings. The molecule has 1 aliphatic heterocycles. The maximum atomic E-state index is 13.3. The van der Waals surface area contributed by atoms with Crippen molar-refractivity contribution in [2.75, 3.05) is 6.54 Å². The van der Waals surface area contributed by atoms with Gasteiger partial charge in [-0.25, -0.2) is 4.39 Å². The third-order valence-electron chi connectivity index (χ3n) is 4.03. The van der Waals surface area contributed by atoms with E-state index in [1.807, 2.05) is 19.1 Å². The molecule has 0 aromatic heterocycles. The number of benzene rings is 2. The van der Waals surface area contributed by atoms with Crippen LogP contribution in [0.1, 0.15) is 34.5 Å². The third kappa shape index (κ3) is 3.41. The molecule has 0 aliphatic carbocycles. The Morgan fingerprint density at radius 3 is 2.71 bits per heavy atom. The zero-order valence-electron chi connectivity index (χ0n) is 13.1. The molecule has 2 amide bonds. The van der Waals surface area contributed by atoms with Crippen molar-refractivity contribution in [1.29, 1.82) is 0 Å². The van der Waals surface area contributed by atoms with E-state index < -0.39 is 5.82 Å². The quantitative estimate of drug-likeness (QED) is 0.923. The Labute approximate surface area is 144 Å². The molecule has 0 saturated heterocycles. The number of hydrogen-bond acceptors (Lipinski definition) is 2. The monoisotopic (exact) mass is 346 g/mol. The van der Waals surface area contributed by atoms with Crippen molar-refractivity contribution in [1.82, 2.24) is 10.2 Å². The summed E-state index contributed by atoms with van der Waals surface area (Å²) in [6.45, 7) is 2.11. The van der Waals surface area contributed by atoms with Crippen LogP contribution in [0.3, 0.4) is 0 Å². The van der Waals surface area contributed by atoms with E-state index in [1.54, 1.807) is 18.2 Å². The molecule has 1 heterocycles. The lowest BCUT2D eigenvalue weighted by molar-refractivity contribution is -0.122. The van der Waals surface area contributed by atoms with E-state index in [1.165, 1.54) is 17.0 Å². The molecule has 0 fully saturated rings. The van der Waals surface area contributed by atoms with E-state index in [2.05, 4.69) is 5.32 Å². The normalized spacial score (nSPS) is 14.5. The molecule has 2 aromatic carbocycles. The van der Waals surface area contributed by atoms with Gasteiger partial charge in [-0.3, -0.25) is 9.59 Å². The summed E-state index contributed by atoms with van der Waals surface area (Å²) in [5, 5.41) is 3.48. The number of fused-ring (bicyclic) bond motifs is 1. The average molecular weight is 347 g/mol. The van der Waals surface area contributed by atoms with E-state index in [0.29, 0.717) is 17.1 Å². The fourth-order valence-corrected chi connectivity index (χ4v) is 2.88. The highest BCUT2D eigenvalue weighted by atomic mass is 35.5. The Morgan fingerprint density at radius 2 is 2.00 bits per heavy atom. The first-order chi connectivity index (χ1) is 11.4. The molecule has 1 N–H and O–H groups in total. The van der Waals surface area contributed by atoms with Gasteiger partial charge in [0.05, 0.1) is 6.04 Å². The lowest BCUT2D eigenvalue weighted by atomic mass is 10.1. The van der Waals surface area contributed by atoms with Crippen LogP contribution in [0.25, 0.3) is 0 Å². The van der Waals surface area contributed by atoms with Gasteiger partial charge >= 0.3 is 0 Å². The fraction of sp³-hybridized carbons (Fsp3) is 0.222. The van der Waals surface area contributed by atoms with Crippen LogP contribution >= 0.6 is 11.6 Å². The molecule has 2 aromatic rings. The lowest BCUT2D eigenvalue weighted by Gasteiger charge is -2.18. The van der Waals surface area contributed by atoms with Gasteiger partial charge in [-0.15, -0.1) is 0 Å². The molecule has 4 nitrogen and oxygen atoms in total. The molecule has 1 atom stereocenters. The van der Waals surface area contributed by atoms with E-state index in [4.69, 9.17) is 11.6 Å². The Morgan fingerprint density at radius 1 is 1.29 bits per heavy atom. The van der Waals surface area contributed by atoms with Crippen LogP contribution < -0.4 is 5.32 Å². The van der Waals surface area contributed by atoms with Crippen molar-refractivity contribution in [3.05, 3.63) is 70.0 Å². The van der Waals surface area contributed by atoms with Crippen molar-refractivity contribution in [3.8, 4) is 0 Å². The summed E-state index contributed by atoms with van der Waals surface area (Å²) < 4.78 is 13.3. The molecule has 3 rings (SSSR count). The average Bonchev–Trinajstić information content (AvgIpc) is 2.84. The van der Waals surface area contributed by atoms with Crippen molar-refractivity contribution in [2.45, 2.75) is 19.5 Å². The van der Waals surface area contributed by atoms with Crippen LogP contribution in [-0.4, -0.2) is 23.3 Å². The van der Waals surface area contributed by atoms with Gasteiger partial charge in [0, 0.05) is 17.1 Å². The summed E-state index contributed by atoms with van der Waals surface area (Å²) in [5.41, 5.74) is 1.99. The molecule has 0 saturated carbocycles. The number of amides is 2. The summed E-state index contributed by atoms with van der Waals surface area (Å²) in [6, 6.07) is 11.1. The van der Waals surface area contributed by atoms with Crippen LogP contribution in [0, 0.1) is 5.82 Å². The van der Waals surface area contributed by atoms with Crippen LogP contribution in [0.4, 0.5) is 4.39 Å². The van der Waals surface area contributed by atoms with Crippen molar-refractivity contribution in [2.24, 2.45) is 0 Å². The Bertz CT molecular complexity index is 792. The second kappa shape index (κ2) is 6.61. The minimum Gasteiger partial charge on any atom is -0.348 e. The molecule has 24 heavy (non-hydrogen) atoms. The minimum absolute atomic E-state index is 0.0624. The summed E-state index contributed by atoms with van der Waals surface area (Å²) in [4.78, 5) is 25.9. The number of carbonyl (C=O) groups excluding carboxylic acids is 2. The van der Waals surface area contributed by atoms with E-state index >= 15 is 0 Å². The number of nitrogens with one attached hydrogen (secondary N) is 1. The smallest absolute Gasteiger partial charge is 0.255 e. The topological polar surface area (TPSA) is 49.4 Å². The molecular weight excluding hydrogens is 331 g/mol. The molecule has 0 radical (unpaired) electrons. The first-order valence-electron chi connectivity index (χ1n) is 7.56. The van der Waals surface area contributed by atoms with E-state index in [-0.39, 0.29) is 24.4 Å². The highest BCUT2D eigenvalue weighted by Crippen LogP contribution is 2.23. The zero-order valence-corrected chi connectivity index (χ0v) is 13.8. The van der Waals surface area contributed by atoms with Gasteiger partial charge in [0.1, 0.15) is 12.4 Å². The summed E-state index contributed by atoms with van der Waals surface area (Å²) in [7, 11) is 0. The number of rotatable bonds is 4. The van der Waals surface area contributed by atoms with Crippen LogP contribution in [0.15, 0.2) is 42.5 Å². The molecule has 0 unspecified atom stereocenters. The Hall–Kier alpha value is -2.40. The van der Waals surface area contributed by atoms with Crippen LogP contribution in [0.2, 0.25) is 5.02 Å². The van der Waals surface area contributed by atoms with Crippen molar-refractivity contribution >= 4 is 23.4 Å². The van der Waals surface area contributed by atoms with Gasteiger partial charge < -0.3 is 10.2 Å². The van der Waals surface area contributed by atoms with Gasteiger partial charge in [-0.05, 0) is 42.3 Å². The minimum atomic E-state index is -0.454. The molecule has 124 valence electrons. The van der Waals surface area contributed by atoms with E-state index in [9.17, 15) is 14.0 Å². The first kappa shape index (κ1) is 16.5. The number of halogens is 2. The van der Waals surface area contributed by atoms with Gasteiger partial charge in [-0.2, -0.15) is 0 Å². The number of carbonyl (C=O) groups is 2. The van der Waals surface area contributed by atoms with Gasteiger partial charge in [0.15, 0.2) is 0 Å². The molecule has 0 spiro atoms. The van der Waals surface area contributed by atoms with Gasteiger partial charge in [-0.1, -0.05) is 29.8 Å². The number of nitrogens with zero attached hydrogens (tertiary/aromatic N) is 1. The summed E-state index contributed by atoms with van der Waals surface area (Å²) in [6.07, 6.45) is 0. The van der Waals surface area contributed by atoms with Gasteiger partial charge in [0.25, 0.3) is 5.91 Å². The number of hydrogen-bond donors (Lipinski definition) is 1. The predicted octanol–water partition coefficient (Wildman–Crippen LogP) is 3.31. The fourth-order valence-electron chi connectivity index (χ4n) is 2.76. The summed E-state index contributed by atoms with van der Waals surface area (Å²) >= 11 is 5.85. The lowest BCUT2D eigenvalue weighted by Crippen LogP contribution is -2.38.